The lowest BCUT2D eigenvalue weighted by atomic mass is 10.1. The van der Waals surface area contributed by atoms with E-state index >= 15 is 0 Å². The van der Waals surface area contributed by atoms with Crippen molar-refractivity contribution in [3.05, 3.63) is 35.9 Å². The van der Waals surface area contributed by atoms with Gasteiger partial charge in [-0.2, -0.15) is 11.8 Å². The monoisotopic (exact) mass is 288 g/mol. The Hall–Kier alpha value is -1.30. The van der Waals surface area contributed by atoms with E-state index in [4.69, 9.17) is 5.84 Å². The molecule has 106 valence electrons. The number of nitrogens with two attached hydrogens (primary N) is 1. The van der Waals surface area contributed by atoms with Crippen molar-refractivity contribution >= 4 is 28.5 Å². The van der Waals surface area contributed by atoms with Gasteiger partial charge in [0.25, 0.3) is 0 Å². The van der Waals surface area contributed by atoms with Gasteiger partial charge in [0.1, 0.15) is 5.82 Å². The zero-order chi connectivity index (χ0) is 13.8. The van der Waals surface area contributed by atoms with Gasteiger partial charge in [0.05, 0.1) is 5.52 Å². The van der Waals surface area contributed by atoms with Crippen molar-refractivity contribution in [3.63, 3.8) is 0 Å². The number of anilines is 1. The number of hydrogen-bond acceptors (Lipinski definition) is 5. The summed E-state index contributed by atoms with van der Waals surface area (Å²) in [6.07, 6.45) is 1.26. The maximum absolute atomic E-state index is 5.64. The fraction of sp³-hybridized carbons (Fsp3) is 0.400. The van der Waals surface area contributed by atoms with E-state index in [9.17, 15) is 0 Å². The molecule has 0 unspecified atom stereocenters. The highest BCUT2D eigenvalue weighted by Gasteiger charge is 2.13. The van der Waals surface area contributed by atoms with E-state index < -0.39 is 0 Å². The Morgan fingerprint density at radius 2 is 2.15 bits per heavy atom. The average Bonchev–Trinajstić information content (AvgIpc) is 2.75. The Morgan fingerprint density at radius 1 is 1.25 bits per heavy atom. The van der Waals surface area contributed by atoms with Crippen molar-refractivity contribution in [1.82, 2.24) is 9.88 Å². The van der Waals surface area contributed by atoms with Crippen molar-refractivity contribution < 1.29 is 0 Å². The average molecular weight is 288 g/mol. The first-order valence-electron chi connectivity index (χ1n) is 7.02. The molecular formula is C15H20N4S. The van der Waals surface area contributed by atoms with E-state index in [-0.39, 0.29) is 0 Å². The highest BCUT2D eigenvalue weighted by molar-refractivity contribution is 7.99. The molecule has 1 aromatic carbocycles. The summed E-state index contributed by atoms with van der Waals surface area (Å²) in [6.45, 7) is 3.21. The highest BCUT2D eigenvalue weighted by Crippen LogP contribution is 2.22. The summed E-state index contributed by atoms with van der Waals surface area (Å²) in [7, 11) is 0. The molecule has 0 spiro atoms. The summed E-state index contributed by atoms with van der Waals surface area (Å²) in [5.41, 5.74) is 4.91. The van der Waals surface area contributed by atoms with Crippen molar-refractivity contribution in [1.29, 1.82) is 0 Å². The third-order valence-corrected chi connectivity index (χ3v) is 4.70. The van der Waals surface area contributed by atoms with Gasteiger partial charge >= 0.3 is 0 Å². The number of hydrogen-bond donors (Lipinski definition) is 2. The largest absolute Gasteiger partial charge is 0.308 e. The zero-order valence-electron chi connectivity index (χ0n) is 11.5. The molecule has 0 bridgehead atoms. The van der Waals surface area contributed by atoms with Crippen LogP contribution in [-0.4, -0.2) is 34.5 Å². The van der Waals surface area contributed by atoms with Crippen LogP contribution in [0, 0.1) is 0 Å². The van der Waals surface area contributed by atoms with Crippen LogP contribution in [0.2, 0.25) is 0 Å². The molecule has 2 heterocycles. The second kappa shape index (κ2) is 6.43. The minimum absolute atomic E-state index is 0.792. The molecule has 3 rings (SSSR count). The van der Waals surface area contributed by atoms with Crippen LogP contribution in [0.25, 0.3) is 10.9 Å². The first-order valence-corrected chi connectivity index (χ1v) is 8.17. The van der Waals surface area contributed by atoms with Crippen LogP contribution in [0.3, 0.4) is 0 Å². The molecule has 0 radical (unpaired) electrons. The molecule has 1 aliphatic heterocycles. The SMILES string of the molecule is NNc1nc2ccccc2cc1CN1CCCSCC1. The number of hydrazine groups is 1. The summed E-state index contributed by atoms with van der Waals surface area (Å²) in [4.78, 5) is 7.11. The third kappa shape index (κ3) is 3.06. The van der Waals surface area contributed by atoms with Crippen LogP contribution in [0.15, 0.2) is 30.3 Å². The van der Waals surface area contributed by atoms with E-state index in [2.05, 4.69) is 27.4 Å². The van der Waals surface area contributed by atoms with Gasteiger partial charge in [-0.1, -0.05) is 18.2 Å². The summed E-state index contributed by atoms with van der Waals surface area (Å²) in [5.74, 6) is 8.92. The minimum Gasteiger partial charge on any atom is -0.308 e. The molecule has 1 saturated heterocycles. The lowest BCUT2D eigenvalue weighted by Gasteiger charge is -2.21. The van der Waals surface area contributed by atoms with Gasteiger partial charge in [-0.15, -0.1) is 0 Å². The first kappa shape index (κ1) is 13.7. The number of rotatable bonds is 3. The standard InChI is InChI=1S/C15H20N4S/c16-18-15-13(11-19-6-3-8-20-9-7-19)10-12-4-1-2-5-14(12)17-15/h1-2,4-5,10H,3,6-9,11,16H2,(H,17,18). The molecule has 5 heteroatoms. The molecule has 20 heavy (non-hydrogen) atoms. The Morgan fingerprint density at radius 3 is 3.05 bits per heavy atom. The number of para-hydroxylation sites is 1. The van der Waals surface area contributed by atoms with E-state index in [1.807, 2.05) is 30.0 Å². The number of nitrogen functional groups attached to an aromatic ring is 1. The number of benzene rings is 1. The molecule has 1 aliphatic rings. The van der Waals surface area contributed by atoms with E-state index in [1.54, 1.807) is 0 Å². The van der Waals surface area contributed by atoms with Gasteiger partial charge in [-0.05, 0) is 30.9 Å². The fourth-order valence-electron chi connectivity index (χ4n) is 2.60. The number of aromatic nitrogens is 1. The lowest BCUT2D eigenvalue weighted by molar-refractivity contribution is 0.288. The fourth-order valence-corrected chi connectivity index (χ4v) is 3.53. The molecule has 2 aromatic rings. The lowest BCUT2D eigenvalue weighted by Crippen LogP contribution is -2.26. The van der Waals surface area contributed by atoms with Gasteiger partial charge in [0.15, 0.2) is 0 Å². The molecule has 0 aliphatic carbocycles. The number of thioether (sulfide) groups is 1. The molecular weight excluding hydrogens is 268 g/mol. The number of fused-ring (bicyclic) bond motifs is 1. The topological polar surface area (TPSA) is 54.2 Å². The minimum atomic E-state index is 0.792. The van der Waals surface area contributed by atoms with Crippen molar-refractivity contribution in [2.45, 2.75) is 13.0 Å². The number of pyridine rings is 1. The van der Waals surface area contributed by atoms with Gasteiger partial charge in [-0.25, -0.2) is 10.8 Å². The van der Waals surface area contributed by atoms with Crippen LogP contribution in [0.1, 0.15) is 12.0 Å². The van der Waals surface area contributed by atoms with Gasteiger partial charge < -0.3 is 5.43 Å². The second-order valence-corrected chi connectivity index (χ2v) is 6.30. The van der Waals surface area contributed by atoms with Crippen LogP contribution < -0.4 is 11.3 Å². The maximum atomic E-state index is 5.64. The quantitative estimate of drug-likeness (QED) is 0.671. The molecule has 0 saturated carbocycles. The molecule has 0 amide bonds. The zero-order valence-corrected chi connectivity index (χ0v) is 12.3. The van der Waals surface area contributed by atoms with Crippen LogP contribution in [-0.2, 0) is 6.54 Å². The Bertz CT molecular complexity index is 579. The summed E-state index contributed by atoms with van der Waals surface area (Å²) >= 11 is 2.04. The smallest absolute Gasteiger partial charge is 0.145 e. The predicted molar refractivity (Wildman–Crippen MR) is 86.8 cm³/mol. The second-order valence-electron chi connectivity index (χ2n) is 5.08. The Labute approximate surface area is 123 Å². The van der Waals surface area contributed by atoms with Crippen molar-refractivity contribution in [3.8, 4) is 0 Å². The number of nitrogens with zero attached hydrogens (tertiary/aromatic N) is 2. The van der Waals surface area contributed by atoms with Gasteiger partial charge in [0, 0.05) is 29.8 Å². The van der Waals surface area contributed by atoms with Gasteiger partial charge in [0.2, 0.25) is 0 Å². The molecule has 0 atom stereocenters. The van der Waals surface area contributed by atoms with Crippen LogP contribution in [0.5, 0.6) is 0 Å². The Balaban J connectivity index is 1.88. The highest BCUT2D eigenvalue weighted by atomic mass is 32.2. The summed E-state index contributed by atoms with van der Waals surface area (Å²) in [6, 6.07) is 10.4. The van der Waals surface area contributed by atoms with E-state index in [0.29, 0.717) is 0 Å². The van der Waals surface area contributed by atoms with Crippen molar-refractivity contribution in [2.24, 2.45) is 5.84 Å². The third-order valence-electron chi connectivity index (χ3n) is 3.65. The normalized spacial score (nSPS) is 17.1. The van der Waals surface area contributed by atoms with E-state index in [0.717, 1.165) is 31.0 Å². The van der Waals surface area contributed by atoms with E-state index in [1.165, 1.54) is 28.9 Å². The Kier molecular flexibility index (Phi) is 4.40. The number of nitrogens with one attached hydrogen (secondary N) is 1. The maximum Gasteiger partial charge on any atom is 0.145 e. The van der Waals surface area contributed by atoms with Crippen LogP contribution >= 0.6 is 11.8 Å². The molecule has 3 N–H and O–H groups in total. The molecule has 1 fully saturated rings. The van der Waals surface area contributed by atoms with Crippen LogP contribution in [0.4, 0.5) is 5.82 Å². The summed E-state index contributed by atoms with van der Waals surface area (Å²) < 4.78 is 0. The molecule has 1 aromatic heterocycles. The van der Waals surface area contributed by atoms with Crippen molar-refractivity contribution in [2.75, 3.05) is 30.0 Å². The summed E-state index contributed by atoms with van der Waals surface area (Å²) in [5, 5.41) is 1.17. The predicted octanol–water partition coefficient (Wildman–Crippen LogP) is 2.46. The first-order chi connectivity index (χ1) is 9.86. The molecule has 4 nitrogen and oxygen atoms in total. The van der Waals surface area contributed by atoms with Gasteiger partial charge in [-0.3, -0.25) is 4.90 Å².